The van der Waals surface area contributed by atoms with E-state index in [-0.39, 0.29) is 0 Å². The van der Waals surface area contributed by atoms with E-state index in [1.807, 2.05) is 0 Å². The highest BCUT2D eigenvalue weighted by Gasteiger charge is 2.22. The summed E-state index contributed by atoms with van der Waals surface area (Å²) in [4.78, 5) is 0. The van der Waals surface area contributed by atoms with Gasteiger partial charge in [-0.1, -0.05) is 0 Å². The average molecular weight is 207 g/mol. The lowest BCUT2D eigenvalue weighted by Crippen LogP contribution is -2.28. The maximum atomic E-state index is 5.92. The van der Waals surface area contributed by atoms with Crippen molar-refractivity contribution < 1.29 is 0 Å². The zero-order valence-corrected chi connectivity index (χ0v) is 9.95. The molecule has 0 aromatic carbocycles. The summed E-state index contributed by atoms with van der Waals surface area (Å²) < 4.78 is 2.22. The highest BCUT2D eigenvalue weighted by atomic mass is 15.3. The normalized spacial score (nSPS) is 26.9. The van der Waals surface area contributed by atoms with Crippen molar-refractivity contribution in [2.45, 2.75) is 58.5 Å². The summed E-state index contributed by atoms with van der Waals surface area (Å²) in [6, 6.07) is 0.997. The Labute approximate surface area is 91.7 Å². The van der Waals surface area contributed by atoms with Gasteiger partial charge in [0, 0.05) is 11.7 Å². The van der Waals surface area contributed by atoms with Crippen LogP contribution in [-0.4, -0.2) is 15.8 Å². The molecule has 0 atom stereocenters. The zero-order valence-electron chi connectivity index (χ0n) is 9.95. The average Bonchev–Trinajstić information content (AvgIpc) is 2.47. The molecular weight excluding hydrogens is 186 g/mol. The van der Waals surface area contributed by atoms with E-state index in [1.54, 1.807) is 0 Å². The Bertz CT molecular complexity index is 346. The first kappa shape index (κ1) is 10.7. The summed E-state index contributed by atoms with van der Waals surface area (Å²) in [6.45, 7) is 6.42. The maximum absolute atomic E-state index is 5.92. The van der Waals surface area contributed by atoms with Crippen LogP contribution in [0.4, 0.5) is 0 Å². The van der Waals surface area contributed by atoms with Crippen molar-refractivity contribution >= 4 is 0 Å². The lowest BCUT2D eigenvalue weighted by molar-refractivity contribution is 0.300. The molecular formula is C12H21N3. The van der Waals surface area contributed by atoms with Crippen molar-refractivity contribution in [2.75, 3.05) is 0 Å². The molecule has 1 fully saturated rings. The standard InChI is InChI=1S/C12H21N3/c1-8-9(2)14-15(10(8)3)12-6-4-11(13)5-7-12/h11-12H,4-7,13H2,1-3H3. The first-order valence-electron chi connectivity index (χ1n) is 5.87. The topological polar surface area (TPSA) is 43.8 Å². The van der Waals surface area contributed by atoms with Crippen LogP contribution >= 0.6 is 0 Å². The third-order valence-electron chi connectivity index (χ3n) is 3.77. The Morgan fingerprint density at radius 1 is 1.13 bits per heavy atom. The minimum Gasteiger partial charge on any atom is -0.328 e. The van der Waals surface area contributed by atoms with Crippen LogP contribution in [0.5, 0.6) is 0 Å². The predicted molar refractivity (Wildman–Crippen MR) is 61.9 cm³/mol. The Morgan fingerprint density at radius 2 is 1.73 bits per heavy atom. The molecule has 1 aromatic rings. The quantitative estimate of drug-likeness (QED) is 0.767. The smallest absolute Gasteiger partial charge is 0.0625 e. The highest BCUT2D eigenvalue weighted by Crippen LogP contribution is 2.29. The Kier molecular flexibility index (Phi) is 2.83. The fourth-order valence-corrected chi connectivity index (χ4v) is 2.45. The summed E-state index contributed by atoms with van der Waals surface area (Å²) in [6.07, 6.45) is 4.65. The van der Waals surface area contributed by atoms with E-state index in [0.717, 1.165) is 12.8 Å². The first-order chi connectivity index (χ1) is 7.09. The number of rotatable bonds is 1. The molecule has 1 heterocycles. The number of hydrogen-bond donors (Lipinski definition) is 1. The lowest BCUT2D eigenvalue weighted by Gasteiger charge is -2.27. The van der Waals surface area contributed by atoms with Crippen molar-refractivity contribution in [1.82, 2.24) is 9.78 Å². The molecule has 15 heavy (non-hydrogen) atoms. The molecule has 0 bridgehead atoms. The van der Waals surface area contributed by atoms with E-state index >= 15 is 0 Å². The second-order valence-corrected chi connectivity index (χ2v) is 4.81. The number of aryl methyl sites for hydroxylation is 1. The van der Waals surface area contributed by atoms with Gasteiger partial charge in [0.15, 0.2) is 0 Å². The summed E-state index contributed by atoms with van der Waals surface area (Å²) in [5.74, 6) is 0. The van der Waals surface area contributed by atoms with Gasteiger partial charge in [-0.05, 0) is 52.0 Å². The van der Waals surface area contributed by atoms with Crippen LogP contribution in [0.1, 0.15) is 48.7 Å². The van der Waals surface area contributed by atoms with E-state index in [0.29, 0.717) is 12.1 Å². The van der Waals surface area contributed by atoms with Crippen LogP contribution < -0.4 is 5.73 Å². The largest absolute Gasteiger partial charge is 0.328 e. The second kappa shape index (κ2) is 3.97. The molecule has 0 radical (unpaired) electrons. The molecule has 2 rings (SSSR count). The van der Waals surface area contributed by atoms with Gasteiger partial charge in [-0.2, -0.15) is 5.10 Å². The Hall–Kier alpha value is -0.830. The van der Waals surface area contributed by atoms with Crippen molar-refractivity contribution in [1.29, 1.82) is 0 Å². The van der Waals surface area contributed by atoms with E-state index in [9.17, 15) is 0 Å². The van der Waals surface area contributed by atoms with Gasteiger partial charge in [-0.25, -0.2) is 0 Å². The summed E-state index contributed by atoms with van der Waals surface area (Å²) in [5, 5.41) is 4.63. The van der Waals surface area contributed by atoms with E-state index < -0.39 is 0 Å². The van der Waals surface area contributed by atoms with Gasteiger partial charge in [0.2, 0.25) is 0 Å². The predicted octanol–water partition coefficient (Wildman–Crippen LogP) is 2.25. The van der Waals surface area contributed by atoms with Gasteiger partial charge in [0.1, 0.15) is 0 Å². The molecule has 1 aromatic heterocycles. The van der Waals surface area contributed by atoms with Crippen LogP contribution in [0.3, 0.4) is 0 Å². The molecule has 0 unspecified atom stereocenters. The van der Waals surface area contributed by atoms with Gasteiger partial charge in [0.25, 0.3) is 0 Å². The van der Waals surface area contributed by atoms with Gasteiger partial charge in [-0.15, -0.1) is 0 Å². The number of nitrogens with two attached hydrogens (primary N) is 1. The van der Waals surface area contributed by atoms with Crippen molar-refractivity contribution in [3.63, 3.8) is 0 Å². The minimum absolute atomic E-state index is 0.416. The van der Waals surface area contributed by atoms with Gasteiger partial charge < -0.3 is 5.73 Å². The van der Waals surface area contributed by atoms with E-state index in [4.69, 9.17) is 5.73 Å². The summed E-state index contributed by atoms with van der Waals surface area (Å²) in [5.41, 5.74) is 9.75. The third-order valence-corrected chi connectivity index (χ3v) is 3.77. The molecule has 0 aliphatic heterocycles. The SMILES string of the molecule is Cc1nn(C2CCC(N)CC2)c(C)c1C. The van der Waals surface area contributed by atoms with Crippen molar-refractivity contribution in [3.05, 3.63) is 17.0 Å². The first-order valence-corrected chi connectivity index (χ1v) is 5.87. The van der Waals surface area contributed by atoms with Crippen LogP contribution in [0.2, 0.25) is 0 Å². The monoisotopic (exact) mass is 207 g/mol. The lowest BCUT2D eigenvalue weighted by atomic mass is 9.92. The van der Waals surface area contributed by atoms with Crippen LogP contribution in [0, 0.1) is 20.8 Å². The van der Waals surface area contributed by atoms with Gasteiger partial charge in [-0.3, -0.25) is 4.68 Å². The minimum atomic E-state index is 0.416. The van der Waals surface area contributed by atoms with Crippen LogP contribution in [0.15, 0.2) is 0 Å². The molecule has 0 spiro atoms. The Morgan fingerprint density at radius 3 is 2.20 bits per heavy atom. The highest BCUT2D eigenvalue weighted by molar-refractivity contribution is 5.22. The van der Waals surface area contributed by atoms with Crippen LogP contribution in [-0.2, 0) is 0 Å². The molecule has 1 aliphatic carbocycles. The zero-order chi connectivity index (χ0) is 11.0. The Balaban J connectivity index is 2.19. The third kappa shape index (κ3) is 1.93. The number of aromatic nitrogens is 2. The van der Waals surface area contributed by atoms with Gasteiger partial charge in [0.05, 0.1) is 11.7 Å². The molecule has 3 nitrogen and oxygen atoms in total. The molecule has 0 amide bonds. The molecule has 84 valence electrons. The number of hydrogen-bond acceptors (Lipinski definition) is 2. The molecule has 1 aliphatic rings. The molecule has 1 saturated carbocycles. The van der Waals surface area contributed by atoms with Gasteiger partial charge >= 0.3 is 0 Å². The van der Waals surface area contributed by atoms with E-state index in [1.165, 1.54) is 29.8 Å². The summed E-state index contributed by atoms with van der Waals surface area (Å²) in [7, 11) is 0. The van der Waals surface area contributed by atoms with Crippen LogP contribution in [0.25, 0.3) is 0 Å². The second-order valence-electron chi connectivity index (χ2n) is 4.81. The van der Waals surface area contributed by atoms with Crippen molar-refractivity contribution in [3.8, 4) is 0 Å². The van der Waals surface area contributed by atoms with Crippen molar-refractivity contribution in [2.24, 2.45) is 5.73 Å². The maximum Gasteiger partial charge on any atom is 0.0625 e. The fourth-order valence-electron chi connectivity index (χ4n) is 2.45. The number of nitrogens with zero attached hydrogens (tertiary/aromatic N) is 2. The summed E-state index contributed by atoms with van der Waals surface area (Å²) >= 11 is 0. The molecule has 0 saturated heterocycles. The molecule has 2 N–H and O–H groups in total. The fraction of sp³-hybridized carbons (Fsp3) is 0.750. The molecule has 3 heteroatoms. The van der Waals surface area contributed by atoms with E-state index in [2.05, 4.69) is 30.6 Å².